The van der Waals surface area contributed by atoms with Crippen LogP contribution in [0.25, 0.3) is 0 Å². The predicted octanol–water partition coefficient (Wildman–Crippen LogP) is 4.33. The van der Waals surface area contributed by atoms with E-state index in [2.05, 4.69) is 10.6 Å². The molecule has 0 atom stereocenters. The molecule has 9 heteroatoms. The number of hydrogen-bond donors (Lipinski definition) is 2. The minimum atomic E-state index is -4.60. The number of alkyl halides is 3. The molecule has 0 heterocycles. The molecule has 0 fully saturated rings. The molecular weight excluding hydrogens is 373 g/mol. The van der Waals surface area contributed by atoms with Crippen molar-refractivity contribution < 1.29 is 27.5 Å². The van der Waals surface area contributed by atoms with Crippen LogP contribution in [-0.2, 0) is 15.8 Å². The van der Waals surface area contributed by atoms with Crippen LogP contribution in [-0.4, -0.2) is 18.4 Å². The van der Waals surface area contributed by atoms with Crippen molar-refractivity contribution in [2.75, 3.05) is 17.2 Å². The number of amides is 2. The van der Waals surface area contributed by atoms with Gasteiger partial charge in [0.15, 0.2) is 0 Å². The Labute approximate surface area is 152 Å². The summed E-state index contributed by atoms with van der Waals surface area (Å²) in [5, 5.41) is 4.27. The van der Waals surface area contributed by atoms with Crippen LogP contribution < -0.4 is 15.4 Å². The van der Waals surface area contributed by atoms with Crippen LogP contribution in [0.2, 0.25) is 5.02 Å². The van der Waals surface area contributed by atoms with Gasteiger partial charge in [-0.3, -0.25) is 9.59 Å². The summed E-state index contributed by atoms with van der Waals surface area (Å²) in [5.74, 6) is -1.62. The summed E-state index contributed by atoms with van der Waals surface area (Å²) in [7, 11) is 0. The lowest BCUT2D eigenvalue weighted by Gasteiger charge is -2.12. The third kappa shape index (κ3) is 5.13. The summed E-state index contributed by atoms with van der Waals surface area (Å²) in [6.07, 6.45) is -4.60. The van der Waals surface area contributed by atoms with E-state index in [0.29, 0.717) is 24.1 Å². The first-order valence-corrected chi connectivity index (χ1v) is 7.80. The van der Waals surface area contributed by atoms with Crippen molar-refractivity contribution in [1.29, 1.82) is 0 Å². The molecule has 0 aromatic heterocycles. The largest absolute Gasteiger partial charge is 0.494 e. The van der Waals surface area contributed by atoms with E-state index in [0.717, 1.165) is 12.1 Å². The Kier molecular flexibility index (Phi) is 6.10. The van der Waals surface area contributed by atoms with Gasteiger partial charge in [0.05, 0.1) is 22.9 Å². The quantitative estimate of drug-likeness (QED) is 0.768. The van der Waals surface area contributed by atoms with Crippen LogP contribution in [0, 0.1) is 0 Å². The van der Waals surface area contributed by atoms with Crippen LogP contribution >= 0.6 is 11.6 Å². The second kappa shape index (κ2) is 8.09. The Morgan fingerprint density at radius 2 is 1.65 bits per heavy atom. The fourth-order valence-corrected chi connectivity index (χ4v) is 2.13. The molecule has 2 aromatic carbocycles. The molecule has 26 heavy (non-hydrogen) atoms. The number of carbonyl (C=O) groups excluding carboxylic acids is 2. The Bertz CT molecular complexity index is 808. The van der Waals surface area contributed by atoms with E-state index in [1.54, 1.807) is 12.1 Å². The average molecular weight is 387 g/mol. The van der Waals surface area contributed by atoms with E-state index in [4.69, 9.17) is 16.3 Å². The number of rotatable bonds is 4. The van der Waals surface area contributed by atoms with Gasteiger partial charge in [-0.15, -0.1) is 0 Å². The number of benzene rings is 2. The zero-order valence-electron chi connectivity index (χ0n) is 13.5. The monoisotopic (exact) mass is 386 g/mol. The second-order valence-corrected chi connectivity index (χ2v) is 5.47. The number of hydrogen-bond acceptors (Lipinski definition) is 3. The van der Waals surface area contributed by atoms with Gasteiger partial charge in [0, 0.05) is 5.69 Å². The summed E-state index contributed by atoms with van der Waals surface area (Å²) in [5.41, 5.74) is -0.985. The maximum atomic E-state index is 12.7. The molecule has 2 amide bonds. The molecule has 2 N–H and O–H groups in total. The Morgan fingerprint density at radius 1 is 1.04 bits per heavy atom. The van der Waals surface area contributed by atoms with Crippen LogP contribution in [0.3, 0.4) is 0 Å². The van der Waals surface area contributed by atoms with E-state index >= 15 is 0 Å². The van der Waals surface area contributed by atoms with Crippen molar-refractivity contribution in [1.82, 2.24) is 0 Å². The van der Waals surface area contributed by atoms with Gasteiger partial charge in [-0.25, -0.2) is 0 Å². The normalized spacial score (nSPS) is 11.0. The molecule has 0 bridgehead atoms. The first-order chi connectivity index (χ1) is 12.2. The molecule has 0 saturated heterocycles. The van der Waals surface area contributed by atoms with Crippen molar-refractivity contribution in [2.24, 2.45) is 0 Å². The molecular formula is C17H14ClF3N2O3. The van der Waals surface area contributed by atoms with Crippen LogP contribution in [0.1, 0.15) is 12.5 Å². The minimum Gasteiger partial charge on any atom is -0.494 e. The minimum absolute atomic E-state index is 0.125. The number of carbonyl (C=O) groups is 2. The van der Waals surface area contributed by atoms with E-state index in [1.165, 1.54) is 12.1 Å². The van der Waals surface area contributed by atoms with Crippen molar-refractivity contribution in [3.63, 3.8) is 0 Å². The van der Waals surface area contributed by atoms with Crippen molar-refractivity contribution in [2.45, 2.75) is 13.1 Å². The number of nitrogens with one attached hydrogen (secondary N) is 2. The number of anilines is 2. The third-order valence-electron chi connectivity index (χ3n) is 3.17. The molecule has 5 nitrogen and oxygen atoms in total. The molecule has 2 rings (SSSR count). The maximum Gasteiger partial charge on any atom is 0.416 e. The fourth-order valence-electron chi connectivity index (χ4n) is 1.97. The van der Waals surface area contributed by atoms with Crippen LogP contribution in [0.4, 0.5) is 24.5 Å². The van der Waals surface area contributed by atoms with E-state index in [9.17, 15) is 22.8 Å². The summed E-state index contributed by atoms with van der Waals surface area (Å²) < 4.78 is 43.4. The van der Waals surface area contributed by atoms with Gasteiger partial charge < -0.3 is 15.4 Å². The fraction of sp³-hybridized carbons (Fsp3) is 0.176. The van der Waals surface area contributed by atoms with E-state index in [1.807, 2.05) is 6.92 Å². The van der Waals surface area contributed by atoms with Gasteiger partial charge in [0.1, 0.15) is 5.75 Å². The molecule has 0 spiro atoms. The lowest BCUT2D eigenvalue weighted by atomic mass is 10.2. The van der Waals surface area contributed by atoms with Crippen LogP contribution in [0.5, 0.6) is 5.75 Å². The molecule has 0 radical (unpaired) electrons. The molecule has 138 valence electrons. The zero-order valence-corrected chi connectivity index (χ0v) is 14.2. The third-order valence-corrected chi connectivity index (χ3v) is 3.50. The van der Waals surface area contributed by atoms with E-state index in [-0.39, 0.29) is 10.7 Å². The number of halogens is 4. The molecule has 0 unspecified atom stereocenters. The van der Waals surface area contributed by atoms with Gasteiger partial charge >= 0.3 is 18.0 Å². The van der Waals surface area contributed by atoms with Gasteiger partial charge in [0.2, 0.25) is 0 Å². The first kappa shape index (κ1) is 19.6. The van der Waals surface area contributed by atoms with Crippen molar-refractivity contribution in [3.8, 4) is 5.75 Å². The summed E-state index contributed by atoms with van der Waals surface area (Å²) in [6.45, 7) is 2.30. The second-order valence-electron chi connectivity index (χ2n) is 5.06. The lowest BCUT2D eigenvalue weighted by Crippen LogP contribution is -2.29. The first-order valence-electron chi connectivity index (χ1n) is 7.42. The summed E-state index contributed by atoms with van der Waals surface area (Å²) >= 11 is 5.77. The van der Waals surface area contributed by atoms with Crippen molar-refractivity contribution >= 4 is 34.8 Å². The SMILES string of the molecule is CCOc1ccc(NC(=O)C(=O)Nc2cc(C(F)(F)F)ccc2Cl)cc1. The molecule has 0 aliphatic heterocycles. The Morgan fingerprint density at radius 3 is 2.23 bits per heavy atom. The summed E-state index contributed by atoms with van der Waals surface area (Å²) in [6, 6.07) is 8.66. The van der Waals surface area contributed by atoms with E-state index < -0.39 is 23.6 Å². The maximum absolute atomic E-state index is 12.7. The van der Waals surface area contributed by atoms with Gasteiger partial charge in [-0.05, 0) is 49.4 Å². The van der Waals surface area contributed by atoms with Gasteiger partial charge in [-0.1, -0.05) is 11.6 Å². The molecule has 0 saturated carbocycles. The predicted molar refractivity (Wildman–Crippen MR) is 91.3 cm³/mol. The smallest absolute Gasteiger partial charge is 0.416 e. The molecule has 0 aliphatic rings. The highest BCUT2D eigenvalue weighted by Gasteiger charge is 2.31. The van der Waals surface area contributed by atoms with Crippen molar-refractivity contribution in [3.05, 3.63) is 53.1 Å². The molecule has 0 aliphatic carbocycles. The Hall–Kier alpha value is -2.74. The zero-order chi connectivity index (χ0) is 19.3. The van der Waals surface area contributed by atoms with Crippen LogP contribution in [0.15, 0.2) is 42.5 Å². The van der Waals surface area contributed by atoms with Gasteiger partial charge in [0.25, 0.3) is 0 Å². The Balaban J connectivity index is 2.06. The highest BCUT2D eigenvalue weighted by Crippen LogP contribution is 2.33. The standard InChI is InChI=1S/C17H14ClF3N2O3/c1-2-26-12-6-4-11(5-7-12)22-15(24)16(25)23-14-9-10(17(19,20)21)3-8-13(14)18/h3-9H,2H2,1H3,(H,22,24)(H,23,25). The highest BCUT2D eigenvalue weighted by atomic mass is 35.5. The lowest BCUT2D eigenvalue weighted by molar-refractivity contribution is -0.137. The molecule has 2 aromatic rings. The summed E-state index contributed by atoms with van der Waals surface area (Å²) in [4.78, 5) is 23.8. The number of ether oxygens (including phenoxy) is 1. The van der Waals surface area contributed by atoms with Gasteiger partial charge in [-0.2, -0.15) is 13.2 Å². The average Bonchev–Trinajstić information content (AvgIpc) is 2.57. The highest BCUT2D eigenvalue weighted by molar-refractivity contribution is 6.44. The topological polar surface area (TPSA) is 67.4 Å².